The largest absolute Gasteiger partial charge is 0.444 e. The fourth-order valence-electron chi connectivity index (χ4n) is 3.54. The number of carbonyl (C=O) groups excluding carboxylic acids is 1. The first-order chi connectivity index (χ1) is 13.2. The minimum absolute atomic E-state index is 0.0765. The van der Waals surface area contributed by atoms with Gasteiger partial charge in [-0.05, 0) is 40.0 Å². The lowest BCUT2D eigenvalue weighted by Gasteiger charge is -2.39. The minimum Gasteiger partial charge on any atom is -0.444 e. The first-order valence-corrected chi connectivity index (χ1v) is 10.9. The molecule has 29 heavy (non-hydrogen) atoms. The van der Waals surface area contributed by atoms with Crippen LogP contribution in [0.15, 0.2) is 11.1 Å². The van der Waals surface area contributed by atoms with Gasteiger partial charge in [-0.15, -0.1) is 0 Å². The summed E-state index contributed by atoms with van der Waals surface area (Å²) in [5.74, 6) is -0.943. The Labute approximate surface area is 169 Å². The Bertz CT molecular complexity index is 843. The normalized spacial score (nSPS) is 18.7. The summed E-state index contributed by atoms with van der Waals surface area (Å²) >= 11 is 0. The highest BCUT2D eigenvalue weighted by molar-refractivity contribution is 7.92. The van der Waals surface area contributed by atoms with Crippen LogP contribution in [0.2, 0.25) is 0 Å². The van der Waals surface area contributed by atoms with Gasteiger partial charge >= 0.3 is 6.09 Å². The molecule has 1 aliphatic heterocycles. The van der Waals surface area contributed by atoms with Crippen molar-refractivity contribution < 1.29 is 31.1 Å². The van der Waals surface area contributed by atoms with E-state index in [1.807, 2.05) is 0 Å². The zero-order valence-electron chi connectivity index (χ0n) is 17.3. The summed E-state index contributed by atoms with van der Waals surface area (Å²) in [5.41, 5.74) is -1.63. The van der Waals surface area contributed by atoms with Crippen LogP contribution in [-0.4, -0.2) is 52.9 Å². The van der Waals surface area contributed by atoms with Crippen molar-refractivity contribution in [3.05, 3.63) is 11.9 Å². The van der Waals surface area contributed by atoms with Crippen molar-refractivity contribution in [3.8, 4) is 0 Å². The van der Waals surface area contributed by atoms with Crippen LogP contribution in [0.4, 0.5) is 18.0 Å². The molecule has 0 unspecified atom stereocenters. The Balaban J connectivity index is 2.25. The van der Waals surface area contributed by atoms with Gasteiger partial charge in [0.15, 0.2) is 0 Å². The van der Waals surface area contributed by atoms with E-state index >= 15 is 4.39 Å². The predicted octanol–water partition coefficient (Wildman–Crippen LogP) is 3.85. The van der Waals surface area contributed by atoms with Crippen LogP contribution in [0.3, 0.4) is 0 Å². The van der Waals surface area contributed by atoms with E-state index in [2.05, 4.69) is 5.10 Å². The van der Waals surface area contributed by atoms with Gasteiger partial charge in [0.1, 0.15) is 16.2 Å². The van der Waals surface area contributed by atoms with Gasteiger partial charge in [0.05, 0.1) is 0 Å². The molecule has 0 spiro atoms. The number of ether oxygens (including phenoxy) is 1. The lowest BCUT2D eigenvalue weighted by molar-refractivity contribution is 0.0116. The first-order valence-electron chi connectivity index (χ1n) is 9.46. The number of hydrogen-bond acceptors (Lipinski definition) is 5. The number of nitrogens with zero attached hydrogens (tertiary/aromatic N) is 3. The van der Waals surface area contributed by atoms with Crippen LogP contribution in [0.1, 0.15) is 59.1 Å². The van der Waals surface area contributed by atoms with Crippen LogP contribution >= 0.6 is 0 Å². The standard InChI is InChI=1S/C18H28F3N3O4S/c1-6-18(21,29(26,27)13-11-23(5)22-14(13)15(19)20)12-7-9-24(10-8-12)16(25)28-17(2,3)4/h11-12,15H,6-10H2,1-5H3/t18-/m1/s1. The molecule has 0 radical (unpaired) electrons. The highest BCUT2D eigenvalue weighted by Gasteiger charge is 2.53. The zero-order chi connectivity index (χ0) is 22.2. The number of aryl methyl sites for hydroxylation is 1. The van der Waals surface area contributed by atoms with Crippen LogP contribution in [0.5, 0.6) is 0 Å². The molecule has 0 bridgehead atoms. The maximum Gasteiger partial charge on any atom is 0.410 e. The number of sulfone groups is 1. The van der Waals surface area contributed by atoms with E-state index in [-0.39, 0.29) is 25.9 Å². The highest BCUT2D eigenvalue weighted by Crippen LogP contribution is 2.43. The van der Waals surface area contributed by atoms with Crippen LogP contribution < -0.4 is 0 Å². The monoisotopic (exact) mass is 439 g/mol. The molecule has 2 heterocycles. The average molecular weight is 440 g/mol. The Hall–Kier alpha value is -1.78. The van der Waals surface area contributed by atoms with Gasteiger partial charge < -0.3 is 9.64 Å². The van der Waals surface area contributed by atoms with E-state index in [0.717, 1.165) is 10.9 Å². The Morgan fingerprint density at radius 1 is 1.31 bits per heavy atom. The number of carbonyl (C=O) groups is 1. The lowest BCUT2D eigenvalue weighted by Crippen LogP contribution is -2.49. The number of aromatic nitrogens is 2. The molecule has 1 aromatic heterocycles. The molecule has 11 heteroatoms. The van der Waals surface area contributed by atoms with E-state index in [4.69, 9.17) is 4.74 Å². The first kappa shape index (κ1) is 23.5. The summed E-state index contributed by atoms with van der Waals surface area (Å²) in [7, 11) is -3.43. The summed E-state index contributed by atoms with van der Waals surface area (Å²) in [6, 6.07) is 0. The molecule has 1 amide bonds. The van der Waals surface area contributed by atoms with Gasteiger partial charge in [-0.25, -0.2) is 26.4 Å². The topological polar surface area (TPSA) is 81.5 Å². The van der Waals surface area contributed by atoms with Crippen molar-refractivity contribution in [2.75, 3.05) is 13.1 Å². The van der Waals surface area contributed by atoms with Crippen LogP contribution in [-0.2, 0) is 21.6 Å². The predicted molar refractivity (Wildman–Crippen MR) is 100 cm³/mol. The molecule has 166 valence electrons. The van der Waals surface area contributed by atoms with Crippen LogP contribution in [0.25, 0.3) is 0 Å². The molecule has 1 fully saturated rings. The molecule has 1 aromatic rings. The van der Waals surface area contributed by atoms with Crippen molar-refractivity contribution in [2.24, 2.45) is 13.0 Å². The molecule has 2 rings (SSSR count). The molecule has 0 aromatic carbocycles. The van der Waals surface area contributed by atoms with Gasteiger partial charge in [0.2, 0.25) is 14.8 Å². The Kier molecular flexibility index (Phi) is 6.61. The number of amides is 1. The van der Waals surface area contributed by atoms with E-state index in [9.17, 15) is 22.0 Å². The fraction of sp³-hybridized carbons (Fsp3) is 0.778. The second kappa shape index (κ2) is 8.16. The molecule has 1 atom stereocenters. The number of halogens is 3. The maximum absolute atomic E-state index is 15.9. The second-order valence-electron chi connectivity index (χ2n) is 8.24. The summed E-state index contributed by atoms with van der Waals surface area (Å²) in [4.78, 5) is 12.8. The molecule has 1 aliphatic rings. The van der Waals surface area contributed by atoms with Crippen molar-refractivity contribution in [1.82, 2.24) is 14.7 Å². The van der Waals surface area contributed by atoms with Gasteiger partial charge in [0, 0.05) is 32.3 Å². The summed E-state index contributed by atoms with van der Waals surface area (Å²) < 4.78 is 74.8. The third-order valence-corrected chi connectivity index (χ3v) is 7.41. The molecule has 7 nitrogen and oxygen atoms in total. The average Bonchev–Trinajstić information content (AvgIpc) is 3.02. The molecular weight excluding hydrogens is 411 g/mol. The zero-order valence-corrected chi connectivity index (χ0v) is 18.1. The highest BCUT2D eigenvalue weighted by atomic mass is 32.2. The molecule has 1 saturated heterocycles. The van der Waals surface area contributed by atoms with E-state index in [1.54, 1.807) is 20.8 Å². The Morgan fingerprint density at radius 3 is 2.31 bits per heavy atom. The van der Waals surface area contributed by atoms with E-state index in [1.165, 1.54) is 18.9 Å². The summed E-state index contributed by atoms with van der Waals surface area (Å²) in [6.07, 6.45) is -3.02. The van der Waals surface area contributed by atoms with E-state index < -0.39 is 55.9 Å². The molecule has 0 saturated carbocycles. The Morgan fingerprint density at radius 2 is 1.86 bits per heavy atom. The van der Waals surface area contributed by atoms with Crippen molar-refractivity contribution >= 4 is 15.9 Å². The SMILES string of the molecule is CC[C@](F)(C1CCN(C(=O)OC(C)(C)C)CC1)S(=O)(=O)c1cn(C)nc1C(F)F. The quantitative estimate of drug-likeness (QED) is 0.696. The van der Waals surface area contributed by atoms with Gasteiger partial charge in [-0.3, -0.25) is 4.68 Å². The van der Waals surface area contributed by atoms with E-state index in [0.29, 0.717) is 0 Å². The van der Waals surface area contributed by atoms with Crippen LogP contribution in [0, 0.1) is 5.92 Å². The fourth-order valence-corrected chi connectivity index (χ4v) is 5.66. The number of likely N-dealkylation sites (tertiary alicyclic amines) is 1. The van der Waals surface area contributed by atoms with Crippen molar-refractivity contribution in [3.63, 3.8) is 0 Å². The van der Waals surface area contributed by atoms with Crippen molar-refractivity contribution in [1.29, 1.82) is 0 Å². The van der Waals surface area contributed by atoms with Gasteiger partial charge in [-0.1, -0.05) is 6.92 Å². The second-order valence-corrected chi connectivity index (χ2v) is 10.4. The smallest absolute Gasteiger partial charge is 0.410 e. The third kappa shape index (κ3) is 4.70. The number of alkyl halides is 3. The van der Waals surface area contributed by atoms with Gasteiger partial charge in [-0.2, -0.15) is 5.10 Å². The van der Waals surface area contributed by atoms with Gasteiger partial charge in [0.25, 0.3) is 6.43 Å². The third-order valence-electron chi connectivity index (χ3n) is 5.00. The maximum atomic E-state index is 15.9. The summed E-state index contributed by atoms with van der Waals surface area (Å²) in [5, 5.41) is 0.754. The molecule has 0 aliphatic carbocycles. The number of rotatable bonds is 5. The summed E-state index contributed by atoms with van der Waals surface area (Å²) in [6.45, 7) is 6.79. The number of hydrogen-bond donors (Lipinski definition) is 0. The lowest BCUT2D eigenvalue weighted by atomic mass is 9.90. The molecular formula is C18H28F3N3O4S. The number of piperidine rings is 1. The minimum atomic E-state index is -4.74. The van der Waals surface area contributed by atoms with Crippen molar-refractivity contribution in [2.45, 2.75) is 68.9 Å². The molecule has 0 N–H and O–H groups in total.